The van der Waals surface area contributed by atoms with Crippen LogP contribution < -0.4 is 4.74 Å². The van der Waals surface area contributed by atoms with E-state index in [-0.39, 0.29) is 17.7 Å². The number of allylic oxidation sites excluding steroid dienone is 1. The lowest BCUT2D eigenvalue weighted by Crippen LogP contribution is -2.15. The first kappa shape index (κ1) is 18.4. The van der Waals surface area contributed by atoms with Gasteiger partial charge in [0.2, 0.25) is 0 Å². The summed E-state index contributed by atoms with van der Waals surface area (Å²) in [7, 11) is 0. The summed E-state index contributed by atoms with van der Waals surface area (Å²) < 4.78 is 19.8. The van der Waals surface area contributed by atoms with Crippen molar-refractivity contribution in [2.45, 2.75) is 51.6 Å². The number of hydrogen-bond acceptors (Lipinski definition) is 2. The largest absolute Gasteiger partial charge is 0.486 e. The van der Waals surface area contributed by atoms with E-state index < -0.39 is 0 Å². The number of ketones is 1. The first-order valence-electron chi connectivity index (χ1n) is 9.33. The molecule has 0 aliphatic heterocycles. The molecule has 2 aromatic carbocycles. The Balaban J connectivity index is 1.87. The van der Waals surface area contributed by atoms with E-state index in [1.807, 2.05) is 24.3 Å². The molecule has 2 nitrogen and oxygen atoms in total. The smallest absolute Gasteiger partial charge is 0.129 e. The van der Waals surface area contributed by atoms with Crippen molar-refractivity contribution in [1.29, 1.82) is 0 Å². The molecule has 2 aromatic rings. The number of hydrogen-bond donors (Lipinski definition) is 0. The average molecular weight is 352 g/mol. The van der Waals surface area contributed by atoms with Crippen molar-refractivity contribution in [3.63, 3.8) is 0 Å². The van der Waals surface area contributed by atoms with Gasteiger partial charge in [-0.3, -0.25) is 0 Å². The topological polar surface area (TPSA) is 26.3 Å². The van der Waals surface area contributed by atoms with Gasteiger partial charge in [-0.2, -0.15) is 0 Å². The van der Waals surface area contributed by atoms with Gasteiger partial charge < -0.3 is 9.53 Å². The Morgan fingerprint density at radius 2 is 2.12 bits per heavy atom. The average Bonchev–Trinajstić information content (AvgIpc) is 2.63. The summed E-state index contributed by atoms with van der Waals surface area (Å²) in [4.78, 5) is 11.2. The summed E-state index contributed by atoms with van der Waals surface area (Å²) in [6.45, 7) is 1.61. The molecule has 1 unspecified atom stereocenters. The van der Waals surface area contributed by atoms with Crippen molar-refractivity contribution in [3.8, 4) is 16.9 Å². The number of rotatable bonds is 7. The van der Waals surface area contributed by atoms with Gasteiger partial charge in [-0.15, -0.1) is 0 Å². The van der Waals surface area contributed by atoms with E-state index in [2.05, 4.69) is 12.2 Å². The van der Waals surface area contributed by atoms with E-state index in [4.69, 9.17) is 4.74 Å². The number of carbonyl (C=O) groups excluding carboxylic acids is 1. The highest BCUT2D eigenvalue weighted by Crippen LogP contribution is 2.31. The number of ether oxygens (including phenoxy) is 1. The molecule has 0 N–H and O–H groups in total. The zero-order valence-electron chi connectivity index (χ0n) is 15.2. The molecule has 0 bridgehead atoms. The standard InChI is InChI=1S/C23H25FO2/c1-17(25)7-5-8-18-13-14-22(26-21-11-3-2-4-12-21)16-23(18)19-9-6-10-20(24)15-19/h3,6,9-11,13-16,21H,2,4-5,7-8,12H2,1H3. The van der Waals surface area contributed by atoms with Crippen LogP contribution in [0.25, 0.3) is 11.1 Å². The van der Waals surface area contributed by atoms with E-state index in [1.165, 1.54) is 6.07 Å². The van der Waals surface area contributed by atoms with Crippen LogP contribution in [0.2, 0.25) is 0 Å². The number of carbonyl (C=O) groups is 1. The first-order valence-corrected chi connectivity index (χ1v) is 9.33. The van der Waals surface area contributed by atoms with Crippen molar-refractivity contribution in [1.82, 2.24) is 0 Å². The Bertz CT molecular complexity index is 795. The molecule has 0 fully saturated rings. The fourth-order valence-electron chi connectivity index (χ4n) is 3.35. The predicted molar refractivity (Wildman–Crippen MR) is 103 cm³/mol. The highest BCUT2D eigenvalue weighted by Gasteiger charge is 2.13. The molecule has 0 aromatic heterocycles. The van der Waals surface area contributed by atoms with E-state index >= 15 is 0 Å². The van der Waals surface area contributed by atoms with Crippen LogP contribution in [0, 0.1) is 5.82 Å². The van der Waals surface area contributed by atoms with Gasteiger partial charge in [-0.05, 0) is 86.1 Å². The Hall–Kier alpha value is -2.42. The quantitative estimate of drug-likeness (QED) is 0.581. The van der Waals surface area contributed by atoms with Crippen LogP contribution in [0.4, 0.5) is 4.39 Å². The third-order valence-corrected chi connectivity index (χ3v) is 4.69. The van der Waals surface area contributed by atoms with Gasteiger partial charge in [0.05, 0.1) is 0 Å². The fraction of sp³-hybridized carbons (Fsp3) is 0.348. The second kappa shape index (κ2) is 8.79. The normalized spacial score (nSPS) is 16.5. The van der Waals surface area contributed by atoms with Crippen molar-refractivity contribution < 1.29 is 13.9 Å². The lowest BCUT2D eigenvalue weighted by Gasteiger charge is -2.20. The molecule has 0 radical (unpaired) electrons. The Morgan fingerprint density at radius 3 is 2.85 bits per heavy atom. The Morgan fingerprint density at radius 1 is 1.23 bits per heavy atom. The molecule has 1 aliphatic rings. The first-order chi connectivity index (χ1) is 12.6. The molecule has 136 valence electrons. The molecular weight excluding hydrogens is 327 g/mol. The molecule has 26 heavy (non-hydrogen) atoms. The van der Waals surface area contributed by atoms with E-state index in [1.54, 1.807) is 19.1 Å². The number of Topliss-reactive ketones (excluding diaryl/α,β-unsaturated/α-hetero) is 1. The summed E-state index contributed by atoms with van der Waals surface area (Å²) in [5.41, 5.74) is 2.93. The monoisotopic (exact) mass is 352 g/mol. The molecule has 3 heteroatoms. The van der Waals surface area contributed by atoms with Crippen LogP contribution in [0.3, 0.4) is 0 Å². The molecule has 1 aliphatic carbocycles. The van der Waals surface area contributed by atoms with Gasteiger partial charge in [-0.1, -0.05) is 24.3 Å². The summed E-state index contributed by atoms with van der Waals surface area (Å²) in [6.07, 6.45) is 9.81. The third kappa shape index (κ3) is 5.04. The minimum atomic E-state index is -0.251. The summed E-state index contributed by atoms with van der Waals surface area (Å²) >= 11 is 0. The predicted octanol–water partition coefficient (Wildman–Crippen LogP) is 5.89. The third-order valence-electron chi connectivity index (χ3n) is 4.69. The SMILES string of the molecule is CC(=O)CCCc1ccc(OC2C=CCCC2)cc1-c1cccc(F)c1. The van der Waals surface area contributed by atoms with Crippen LogP contribution in [-0.4, -0.2) is 11.9 Å². The maximum absolute atomic E-state index is 13.7. The minimum Gasteiger partial charge on any atom is -0.486 e. The van der Waals surface area contributed by atoms with Gasteiger partial charge in [0.25, 0.3) is 0 Å². The molecule has 0 spiro atoms. The van der Waals surface area contributed by atoms with Gasteiger partial charge in [-0.25, -0.2) is 4.39 Å². The van der Waals surface area contributed by atoms with Crippen LogP contribution in [-0.2, 0) is 11.2 Å². The van der Waals surface area contributed by atoms with Gasteiger partial charge in [0.15, 0.2) is 0 Å². The second-order valence-electron chi connectivity index (χ2n) is 6.90. The van der Waals surface area contributed by atoms with Gasteiger partial charge in [0, 0.05) is 6.42 Å². The molecule has 0 amide bonds. The maximum Gasteiger partial charge on any atom is 0.129 e. The minimum absolute atomic E-state index is 0.104. The van der Waals surface area contributed by atoms with Gasteiger partial charge in [0.1, 0.15) is 23.5 Å². The zero-order valence-corrected chi connectivity index (χ0v) is 15.2. The zero-order chi connectivity index (χ0) is 18.4. The van der Waals surface area contributed by atoms with Crippen LogP contribution >= 0.6 is 0 Å². The number of aryl methyl sites for hydroxylation is 1. The van der Waals surface area contributed by atoms with Crippen LogP contribution in [0.15, 0.2) is 54.6 Å². The van der Waals surface area contributed by atoms with E-state index in [0.717, 1.165) is 54.5 Å². The maximum atomic E-state index is 13.7. The molecule has 0 saturated carbocycles. The lowest BCUT2D eigenvalue weighted by molar-refractivity contribution is -0.117. The Kier molecular flexibility index (Phi) is 6.21. The van der Waals surface area contributed by atoms with Crippen molar-refractivity contribution in [2.75, 3.05) is 0 Å². The van der Waals surface area contributed by atoms with Crippen molar-refractivity contribution in [2.24, 2.45) is 0 Å². The molecule has 1 atom stereocenters. The second-order valence-corrected chi connectivity index (χ2v) is 6.90. The van der Waals surface area contributed by atoms with Crippen LogP contribution in [0.1, 0.15) is 44.6 Å². The molecule has 3 rings (SSSR count). The summed E-state index contributed by atoms with van der Waals surface area (Å²) in [6, 6.07) is 12.7. The highest BCUT2D eigenvalue weighted by atomic mass is 19.1. The fourth-order valence-corrected chi connectivity index (χ4v) is 3.35. The van der Waals surface area contributed by atoms with Gasteiger partial charge >= 0.3 is 0 Å². The van der Waals surface area contributed by atoms with Crippen LogP contribution in [0.5, 0.6) is 5.75 Å². The van der Waals surface area contributed by atoms with E-state index in [0.29, 0.717) is 6.42 Å². The molecule has 0 saturated heterocycles. The number of benzene rings is 2. The van der Waals surface area contributed by atoms with Crippen molar-refractivity contribution >= 4 is 5.78 Å². The highest BCUT2D eigenvalue weighted by molar-refractivity contribution is 5.75. The Labute approximate surface area is 154 Å². The van der Waals surface area contributed by atoms with Crippen molar-refractivity contribution in [3.05, 3.63) is 66.0 Å². The summed E-state index contributed by atoms with van der Waals surface area (Å²) in [5.74, 6) is 0.746. The number of halogens is 1. The lowest BCUT2D eigenvalue weighted by atomic mass is 9.95. The molecule has 0 heterocycles. The molecular formula is C23H25FO2. The summed E-state index contributed by atoms with van der Waals surface area (Å²) in [5, 5.41) is 0. The van der Waals surface area contributed by atoms with E-state index in [9.17, 15) is 9.18 Å².